The Morgan fingerprint density at radius 1 is 1.28 bits per heavy atom. The second-order valence-corrected chi connectivity index (χ2v) is 6.43. The lowest BCUT2D eigenvalue weighted by Gasteiger charge is -2.18. The van der Waals surface area contributed by atoms with Crippen LogP contribution < -0.4 is 5.73 Å². The highest BCUT2D eigenvalue weighted by molar-refractivity contribution is 7.91. The summed E-state index contributed by atoms with van der Waals surface area (Å²) in [6.07, 6.45) is 1.05. The predicted molar refractivity (Wildman–Crippen MR) is 70.5 cm³/mol. The summed E-state index contributed by atoms with van der Waals surface area (Å²) < 4.78 is 22.1. The van der Waals surface area contributed by atoms with Gasteiger partial charge in [-0.3, -0.25) is 4.79 Å². The quantitative estimate of drug-likeness (QED) is 0.825. The van der Waals surface area contributed by atoms with Crippen molar-refractivity contribution in [3.05, 3.63) is 35.4 Å². The second kappa shape index (κ2) is 5.97. The first-order valence-electron chi connectivity index (χ1n) is 5.52. The topological polar surface area (TPSA) is 80.5 Å². The summed E-state index contributed by atoms with van der Waals surface area (Å²) in [4.78, 5) is 13.1. The maximum Gasteiger partial charge on any atom is 0.237 e. The minimum atomic E-state index is -3.29. The van der Waals surface area contributed by atoms with Gasteiger partial charge in [0.2, 0.25) is 5.91 Å². The van der Waals surface area contributed by atoms with Gasteiger partial charge in [-0.05, 0) is 11.1 Å². The number of nitrogens with two attached hydrogens (primary N) is 1. The Hall–Kier alpha value is -1.40. The summed E-state index contributed by atoms with van der Waals surface area (Å²) in [5, 5.41) is 0. The molecule has 0 aromatic heterocycles. The molecular weight excluding hydrogens is 252 g/mol. The summed E-state index contributed by atoms with van der Waals surface area (Å²) in [7, 11) is -1.71. The highest BCUT2D eigenvalue weighted by atomic mass is 32.2. The van der Waals surface area contributed by atoms with E-state index in [4.69, 9.17) is 5.73 Å². The number of amides is 1. The molecule has 0 fully saturated rings. The van der Waals surface area contributed by atoms with Crippen molar-refractivity contribution in [2.24, 2.45) is 5.73 Å². The van der Waals surface area contributed by atoms with Gasteiger partial charge in [0.05, 0.1) is 0 Å². The van der Waals surface area contributed by atoms with Crippen molar-refractivity contribution in [1.82, 2.24) is 4.90 Å². The largest absolute Gasteiger partial charge is 0.341 e. The van der Waals surface area contributed by atoms with E-state index in [1.165, 1.54) is 4.90 Å². The summed E-state index contributed by atoms with van der Waals surface area (Å²) >= 11 is 0. The summed E-state index contributed by atoms with van der Waals surface area (Å²) in [6.45, 7) is 0.756. The average molecular weight is 270 g/mol. The molecule has 0 saturated carbocycles. The first-order valence-corrected chi connectivity index (χ1v) is 7.58. The van der Waals surface area contributed by atoms with E-state index < -0.39 is 21.5 Å². The molecule has 18 heavy (non-hydrogen) atoms. The summed E-state index contributed by atoms with van der Waals surface area (Å²) in [5.74, 6) is -0.877. The minimum absolute atomic E-state index is 0.363. The summed E-state index contributed by atoms with van der Waals surface area (Å²) in [6, 6.07) is 7.52. The Morgan fingerprint density at radius 3 is 2.33 bits per heavy atom. The van der Waals surface area contributed by atoms with Crippen LogP contribution in [0.1, 0.15) is 11.1 Å². The average Bonchev–Trinajstić information content (AvgIpc) is 2.27. The first kappa shape index (κ1) is 14.7. The fourth-order valence-corrected chi connectivity index (χ4v) is 2.26. The number of hydrogen-bond acceptors (Lipinski definition) is 4. The molecule has 1 aromatic rings. The van der Waals surface area contributed by atoms with Crippen LogP contribution in [0.25, 0.3) is 0 Å². The lowest BCUT2D eigenvalue weighted by Crippen LogP contribution is -2.32. The molecule has 100 valence electrons. The van der Waals surface area contributed by atoms with Crippen LogP contribution in [0.4, 0.5) is 0 Å². The number of sulfone groups is 1. The molecule has 0 aliphatic carbocycles. The van der Waals surface area contributed by atoms with Gasteiger partial charge in [0, 0.05) is 26.4 Å². The van der Waals surface area contributed by atoms with Crippen LogP contribution in [-0.2, 0) is 27.7 Å². The van der Waals surface area contributed by atoms with Crippen molar-refractivity contribution in [1.29, 1.82) is 0 Å². The van der Waals surface area contributed by atoms with Crippen LogP contribution in [0, 0.1) is 0 Å². The van der Waals surface area contributed by atoms with Crippen molar-refractivity contribution in [3.8, 4) is 0 Å². The van der Waals surface area contributed by atoms with Gasteiger partial charge >= 0.3 is 0 Å². The number of carbonyl (C=O) groups excluding carboxylic acids is 1. The van der Waals surface area contributed by atoms with E-state index in [1.807, 2.05) is 24.3 Å². The third kappa shape index (κ3) is 4.46. The number of rotatable bonds is 5. The van der Waals surface area contributed by atoms with Crippen LogP contribution in [0.2, 0.25) is 0 Å². The van der Waals surface area contributed by atoms with Crippen LogP contribution in [0.5, 0.6) is 0 Å². The van der Waals surface area contributed by atoms with Crippen LogP contribution >= 0.6 is 0 Å². The lowest BCUT2D eigenvalue weighted by molar-refractivity contribution is -0.127. The standard InChI is InChI=1S/C12H18N2O3S/c1-14(12(15)9-18(2,16)17)8-11-6-4-3-5-10(11)7-13/h3-6H,7-9,13H2,1-2H3. The van der Waals surface area contributed by atoms with Gasteiger partial charge in [0.1, 0.15) is 5.75 Å². The Bertz CT molecular complexity index is 526. The van der Waals surface area contributed by atoms with Gasteiger partial charge in [-0.15, -0.1) is 0 Å². The van der Waals surface area contributed by atoms with E-state index in [2.05, 4.69) is 0 Å². The normalized spacial score (nSPS) is 11.3. The molecule has 2 N–H and O–H groups in total. The maximum absolute atomic E-state index is 11.7. The molecule has 0 bridgehead atoms. The van der Waals surface area contributed by atoms with Crippen molar-refractivity contribution in [3.63, 3.8) is 0 Å². The SMILES string of the molecule is CN(Cc1ccccc1CN)C(=O)CS(C)(=O)=O. The summed E-state index contributed by atoms with van der Waals surface area (Å²) in [5.41, 5.74) is 7.49. The number of nitrogens with zero attached hydrogens (tertiary/aromatic N) is 1. The monoisotopic (exact) mass is 270 g/mol. The van der Waals surface area contributed by atoms with Crippen molar-refractivity contribution in [2.45, 2.75) is 13.1 Å². The second-order valence-electron chi connectivity index (χ2n) is 4.29. The van der Waals surface area contributed by atoms with E-state index in [9.17, 15) is 13.2 Å². The molecule has 0 radical (unpaired) electrons. The Balaban J connectivity index is 2.75. The molecule has 1 aromatic carbocycles. The fraction of sp³-hybridized carbons (Fsp3) is 0.417. The van der Waals surface area contributed by atoms with Gasteiger partial charge < -0.3 is 10.6 Å². The number of carbonyl (C=O) groups is 1. The first-order chi connectivity index (χ1) is 8.33. The van der Waals surface area contributed by atoms with Crippen LogP contribution in [-0.4, -0.2) is 38.3 Å². The fourth-order valence-electron chi connectivity index (χ4n) is 1.59. The molecule has 5 nitrogen and oxygen atoms in total. The van der Waals surface area contributed by atoms with E-state index in [0.29, 0.717) is 13.1 Å². The van der Waals surface area contributed by atoms with E-state index in [-0.39, 0.29) is 0 Å². The van der Waals surface area contributed by atoms with Gasteiger partial charge in [-0.2, -0.15) is 0 Å². The van der Waals surface area contributed by atoms with E-state index in [0.717, 1.165) is 17.4 Å². The molecule has 1 amide bonds. The molecule has 1 rings (SSSR count). The number of benzene rings is 1. The van der Waals surface area contributed by atoms with Gasteiger partial charge in [-0.1, -0.05) is 24.3 Å². The Kier molecular flexibility index (Phi) is 4.86. The number of hydrogen-bond donors (Lipinski definition) is 1. The third-order valence-electron chi connectivity index (χ3n) is 2.56. The zero-order valence-corrected chi connectivity index (χ0v) is 11.4. The van der Waals surface area contributed by atoms with Gasteiger partial charge in [0.15, 0.2) is 9.84 Å². The van der Waals surface area contributed by atoms with E-state index >= 15 is 0 Å². The van der Waals surface area contributed by atoms with Gasteiger partial charge in [-0.25, -0.2) is 8.42 Å². The molecule has 6 heteroatoms. The molecule has 0 heterocycles. The van der Waals surface area contributed by atoms with E-state index in [1.54, 1.807) is 7.05 Å². The Morgan fingerprint density at radius 2 is 1.83 bits per heavy atom. The molecule has 0 aliphatic heterocycles. The van der Waals surface area contributed by atoms with Crippen LogP contribution in [0.15, 0.2) is 24.3 Å². The maximum atomic E-state index is 11.7. The van der Waals surface area contributed by atoms with Gasteiger partial charge in [0.25, 0.3) is 0 Å². The minimum Gasteiger partial charge on any atom is -0.341 e. The lowest BCUT2D eigenvalue weighted by atomic mass is 10.1. The van der Waals surface area contributed by atoms with Crippen molar-refractivity contribution in [2.75, 3.05) is 19.1 Å². The molecule has 0 spiro atoms. The van der Waals surface area contributed by atoms with Crippen molar-refractivity contribution < 1.29 is 13.2 Å². The third-order valence-corrected chi connectivity index (χ3v) is 3.33. The molecule has 0 saturated heterocycles. The molecular formula is C12H18N2O3S. The Labute approximate surface area is 108 Å². The smallest absolute Gasteiger partial charge is 0.237 e. The highest BCUT2D eigenvalue weighted by Gasteiger charge is 2.16. The molecule has 0 atom stereocenters. The predicted octanol–water partition coefficient (Wildman–Crippen LogP) is 0.148. The zero-order chi connectivity index (χ0) is 13.8. The highest BCUT2D eigenvalue weighted by Crippen LogP contribution is 2.10. The molecule has 0 unspecified atom stereocenters. The zero-order valence-electron chi connectivity index (χ0n) is 10.6. The van der Waals surface area contributed by atoms with Crippen molar-refractivity contribution >= 4 is 15.7 Å². The molecule has 0 aliphatic rings. The van der Waals surface area contributed by atoms with Crippen LogP contribution in [0.3, 0.4) is 0 Å².